The maximum absolute atomic E-state index is 8.53. The highest BCUT2D eigenvalue weighted by Gasteiger charge is 2.11. The molecule has 0 fully saturated rings. The Labute approximate surface area is 87.5 Å². The topological polar surface area (TPSA) is 120 Å². The Morgan fingerprint density at radius 2 is 1.87 bits per heavy atom. The monoisotopic (exact) mass is 213 g/mol. The SMILES string of the molecule is CC(COCCO)c1nc(N)nc(N)n1. The average Bonchev–Trinajstić information content (AvgIpc) is 2.16. The normalized spacial score (nSPS) is 12.7. The van der Waals surface area contributed by atoms with Crippen molar-refractivity contribution < 1.29 is 9.84 Å². The van der Waals surface area contributed by atoms with Crippen LogP contribution in [0, 0.1) is 0 Å². The van der Waals surface area contributed by atoms with Crippen LogP contribution < -0.4 is 11.5 Å². The molecular weight excluding hydrogens is 198 g/mol. The summed E-state index contributed by atoms with van der Waals surface area (Å²) in [6, 6.07) is 0. The zero-order valence-corrected chi connectivity index (χ0v) is 8.55. The van der Waals surface area contributed by atoms with Crippen LogP contribution in [-0.4, -0.2) is 39.9 Å². The minimum absolute atomic E-state index is 0.00575. The first-order valence-electron chi connectivity index (χ1n) is 4.59. The van der Waals surface area contributed by atoms with E-state index in [1.54, 1.807) is 0 Å². The van der Waals surface area contributed by atoms with Crippen molar-refractivity contribution in [2.75, 3.05) is 31.3 Å². The van der Waals surface area contributed by atoms with Gasteiger partial charge in [0.1, 0.15) is 5.82 Å². The molecule has 0 aliphatic carbocycles. The standard InChI is InChI=1S/C8H15N5O2/c1-5(4-15-3-2-14)6-11-7(9)13-8(10)12-6/h5,14H,2-4H2,1H3,(H4,9,10,11,12,13). The summed E-state index contributed by atoms with van der Waals surface area (Å²) in [6.45, 7) is 2.57. The summed E-state index contributed by atoms with van der Waals surface area (Å²) in [4.78, 5) is 11.6. The molecule has 1 atom stereocenters. The summed E-state index contributed by atoms with van der Waals surface area (Å²) >= 11 is 0. The number of aromatic nitrogens is 3. The van der Waals surface area contributed by atoms with Gasteiger partial charge < -0.3 is 21.3 Å². The number of nitrogens with two attached hydrogens (primary N) is 2. The van der Waals surface area contributed by atoms with E-state index in [2.05, 4.69) is 15.0 Å². The van der Waals surface area contributed by atoms with Gasteiger partial charge in [-0.1, -0.05) is 6.92 Å². The van der Waals surface area contributed by atoms with E-state index in [9.17, 15) is 0 Å². The first-order valence-corrected chi connectivity index (χ1v) is 4.59. The van der Waals surface area contributed by atoms with Crippen molar-refractivity contribution >= 4 is 11.9 Å². The number of aliphatic hydroxyl groups is 1. The number of nitrogen functional groups attached to an aromatic ring is 2. The number of anilines is 2. The predicted octanol–water partition coefficient (Wildman–Crippen LogP) is -0.852. The number of aliphatic hydroxyl groups excluding tert-OH is 1. The van der Waals surface area contributed by atoms with Crippen molar-refractivity contribution in [2.24, 2.45) is 0 Å². The molecule has 0 aliphatic rings. The van der Waals surface area contributed by atoms with Gasteiger partial charge in [0.25, 0.3) is 0 Å². The van der Waals surface area contributed by atoms with Crippen LogP contribution in [0.15, 0.2) is 0 Å². The lowest BCUT2D eigenvalue weighted by Gasteiger charge is -2.10. The van der Waals surface area contributed by atoms with E-state index >= 15 is 0 Å². The molecule has 0 spiro atoms. The summed E-state index contributed by atoms with van der Waals surface area (Å²) < 4.78 is 5.15. The smallest absolute Gasteiger partial charge is 0.225 e. The number of hydrogen-bond donors (Lipinski definition) is 3. The highest BCUT2D eigenvalue weighted by molar-refractivity contribution is 5.26. The van der Waals surface area contributed by atoms with Gasteiger partial charge in [-0.25, -0.2) is 0 Å². The second-order valence-corrected chi connectivity index (χ2v) is 3.11. The van der Waals surface area contributed by atoms with E-state index in [-0.39, 0.29) is 24.4 Å². The predicted molar refractivity (Wildman–Crippen MR) is 55.0 cm³/mol. The van der Waals surface area contributed by atoms with E-state index in [1.807, 2.05) is 6.92 Å². The maximum atomic E-state index is 8.53. The van der Waals surface area contributed by atoms with E-state index in [0.717, 1.165) is 0 Å². The molecule has 0 aliphatic heterocycles. The zero-order chi connectivity index (χ0) is 11.3. The lowest BCUT2D eigenvalue weighted by atomic mass is 10.2. The number of ether oxygens (including phenoxy) is 1. The van der Waals surface area contributed by atoms with E-state index in [0.29, 0.717) is 19.0 Å². The van der Waals surface area contributed by atoms with Crippen LogP contribution in [0.1, 0.15) is 18.7 Å². The molecule has 15 heavy (non-hydrogen) atoms. The third-order valence-electron chi connectivity index (χ3n) is 1.73. The van der Waals surface area contributed by atoms with Crippen LogP contribution in [0.2, 0.25) is 0 Å². The molecule has 1 unspecified atom stereocenters. The fraction of sp³-hybridized carbons (Fsp3) is 0.625. The Morgan fingerprint density at radius 3 is 2.40 bits per heavy atom. The van der Waals surface area contributed by atoms with Crippen molar-refractivity contribution in [1.29, 1.82) is 0 Å². The van der Waals surface area contributed by atoms with Crippen LogP contribution >= 0.6 is 0 Å². The molecular formula is C8H15N5O2. The van der Waals surface area contributed by atoms with Gasteiger partial charge in [-0.15, -0.1) is 0 Å². The van der Waals surface area contributed by atoms with Crippen LogP contribution in [0.5, 0.6) is 0 Å². The molecule has 1 aromatic heterocycles. The molecule has 1 heterocycles. The Kier molecular flexibility index (Phi) is 4.19. The molecule has 0 saturated carbocycles. The number of nitrogens with zero attached hydrogens (tertiary/aromatic N) is 3. The zero-order valence-electron chi connectivity index (χ0n) is 8.55. The third-order valence-corrected chi connectivity index (χ3v) is 1.73. The van der Waals surface area contributed by atoms with Crippen molar-refractivity contribution in [3.63, 3.8) is 0 Å². The van der Waals surface area contributed by atoms with E-state index in [4.69, 9.17) is 21.3 Å². The summed E-state index contributed by atoms with van der Waals surface area (Å²) in [5.41, 5.74) is 10.9. The summed E-state index contributed by atoms with van der Waals surface area (Å²) in [6.07, 6.45) is 0. The van der Waals surface area contributed by atoms with Crippen molar-refractivity contribution in [3.05, 3.63) is 5.82 Å². The van der Waals surface area contributed by atoms with Crippen LogP contribution in [0.25, 0.3) is 0 Å². The molecule has 5 N–H and O–H groups in total. The average molecular weight is 213 g/mol. The van der Waals surface area contributed by atoms with E-state index in [1.165, 1.54) is 0 Å². The van der Waals surface area contributed by atoms with Gasteiger partial charge in [0.15, 0.2) is 0 Å². The van der Waals surface area contributed by atoms with E-state index < -0.39 is 0 Å². The number of hydrogen-bond acceptors (Lipinski definition) is 7. The summed E-state index contributed by atoms with van der Waals surface area (Å²) in [5, 5.41) is 8.53. The second-order valence-electron chi connectivity index (χ2n) is 3.11. The first kappa shape index (κ1) is 11.6. The van der Waals surface area contributed by atoms with Gasteiger partial charge in [0, 0.05) is 5.92 Å². The minimum Gasteiger partial charge on any atom is -0.394 e. The largest absolute Gasteiger partial charge is 0.394 e. The third kappa shape index (κ3) is 3.64. The Hall–Kier alpha value is -1.47. The first-order chi connectivity index (χ1) is 7.13. The van der Waals surface area contributed by atoms with Gasteiger partial charge in [0.05, 0.1) is 19.8 Å². The molecule has 0 saturated heterocycles. The molecule has 0 aromatic carbocycles. The highest BCUT2D eigenvalue weighted by Crippen LogP contribution is 2.12. The molecule has 7 heteroatoms. The Bertz CT molecular complexity index is 300. The van der Waals surface area contributed by atoms with Crippen molar-refractivity contribution in [1.82, 2.24) is 15.0 Å². The number of rotatable bonds is 5. The lowest BCUT2D eigenvalue weighted by Crippen LogP contribution is -2.13. The van der Waals surface area contributed by atoms with Crippen LogP contribution in [0.3, 0.4) is 0 Å². The van der Waals surface area contributed by atoms with Gasteiger partial charge in [-0.3, -0.25) is 0 Å². The van der Waals surface area contributed by atoms with Crippen LogP contribution in [0.4, 0.5) is 11.9 Å². The molecule has 1 aromatic rings. The van der Waals surface area contributed by atoms with Gasteiger partial charge >= 0.3 is 0 Å². The van der Waals surface area contributed by atoms with Crippen molar-refractivity contribution in [2.45, 2.75) is 12.8 Å². The lowest BCUT2D eigenvalue weighted by molar-refractivity contribution is 0.0837. The quantitative estimate of drug-likeness (QED) is 0.545. The molecule has 0 radical (unpaired) electrons. The van der Waals surface area contributed by atoms with Crippen LogP contribution in [-0.2, 0) is 4.74 Å². The van der Waals surface area contributed by atoms with Crippen molar-refractivity contribution in [3.8, 4) is 0 Å². The summed E-state index contributed by atoms with van der Waals surface area (Å²) in [5.74, 6) is 0.667. The Morgan fingerprint density at radius 1 is 1.27 bits per heavy atom. The maximum Gasteiger partial charge on any atom is 0.225 e. The second kappa shape index (κ2) is 5.42. The molecule has 0 bridgehead atoms. The van der Waals surface area contributed by atoms with Gasteiger partial charge in [-0.2, -0.15) is 15.0 Å². The summed E-state index contributed by atoms with van der Waals surface area (Å²) in [7, 11) is 0. The fourth-order valence-electron chi connectivity index (χ4n) is 1.05. The molecule has 7 nitrogen and oxygen atoms in total. The van der Waals surface area contributed by atoms with Gasteiger partial charge in [0.2, 0.25) is 11.9 Å². The Balaban J connectivity index is 2.60. The molecule has 1 rings (SSSR count). The highest BCUT2D eigenvalue weighted by atomic mass is 16.5. The minimum atomic E-state index is -0.0378. The molecule has 84 valence electrons. The van der Waals surface area contributed by atoms with Gasteiger partial charge in [-0.05, 0) is 0 Å². The molecule has 0 amide bonds. The fourth-order valence-corrected chi connectivity index (χ4v) is 1.05.